The number of aliphatic carboxylic acids is 1. The summed E-state index contributed by atoms with van der Waals surface area (Å²) in [5, 5.41) is 9.12. The monoisotopic (exact) mass is 345 g/mol. The molecule has 4 nitrogen and oxygen atoms in total. The highest BCUT2D eigenvalue weighted by Gasteiger charge is 2.37. The van der Waals surface area contributed by atoms with Crippen LogP contribution in [-0.2, 0) is 16.1 Å². The third-order valence-electron chi connectivity index (χ3n) is 5.15. The number of benzene rings is 1. The molecule has 1 saturated carbocycles. The Bertz CT molecular complexity index is 559. The quantitative estimate of drug-likeness (QED) is 0.689. The van der Waals surface area contributed by atoms with Gasteiger partial charge in [-0.05, 0) is 43.5 Å². The predicted octanol–water partition coefficient (Wildman–Crippen LogP) is 4.24. The lowest BCUT2D eigenvalue weighted by molar-refractivity contribution is -0.142. The molecule has 0 bridgehead atoms. The summed E-state index contributed by atoms with van der Waals surface area (Å²) in [6, 6.07) is 8.23. The number of ketones is 1. The molecule has 2 rings (SSSR count). The normalized spacial score (nSPS) is 20.4. The van der Waals surface area contributed by atoms with Crippen LogP contribution in [0.2, 0.25) is 0 Å². The Hall–Kier alpha value is -1.68. The van der Waals surface area contributed by atoms with Crippen LogP contribution < -0.4 is 0 Å². The molecular formula is C21H31NO3. The minimum absolute atomic E-state index is 0.0627. The SMILES string of the molecule is CCCCN(CCCC)Cc1ccc([C@H]2C[C@H](C(=O)O)CC2=O)cc1. The van der Waals surface area contributed by atoms with Gasteiger partial charge in [0.2, 0.25) is 0 Å². The van der Waals surface area contributed by atoms with Crippen molar-refractivity contribution in [1.29, 1.82) is 0 Å². The van der Waals surface area contributed by atoms with Crippen LogP contribution >= 0.6 is 0 Å². The van der Waals surface area contributed by atoms with E-state index >= 15 is 0 Å². The zero-order valence-corrected chi connectivity index (χ0v) is 15.5. The van der Waals surface area contributed by atoms with Crippen LogP contribution in [0.3, 0.4) is 0 Å². The lowest BCUT2D eigenvalue weighted by Gasteiger charge is -2.22. The molecule has 0 spiro atoms. The van der Waals surface area contributed by atoms with Crippen molar-refractivity contribution in [2.75, 3.05) is 13.1 Å². The molecule has 1 fully saturated rings. The molecular weight excluding hydrogens is 314 g/mol. The third-order valence-corrected chi connectivity index (χ3v) is 5.15. The van der Waals surface area contributed by atoms with Crippen LogP contribution in [0.1, 0.15) is 69.4 Å². The van der Waals surface area contributed by atoms with Gasteiger partial charge in [0, 0.05) is 18.9 Å². The number of nitrogens with zero attached hydrogens (tertiary/aromatic N) is 1. The smallest absolute Gasteiger partial charge is 0.306 e. The van der Waals surface area contributed by atoms with Gasteiger partial charge >= 0.3 is 5.97 Å². The second kappa shape index (κ2) is 9.71. The summed E-state index contributed by atoms with van der Waals surface area (Å²) in [6.45, 7) is 7.63. The first-order valence-corrected chi connectivity index (χ1v) is 9.61. The molecule has 1 N–H and O–H groups in total. The van der Waals surface area contributed by atoms with Crippen molar-refractivity contribution in [3.63, 3.8) is 0 Å². The molecule has 0 heterocycles. The van der Waals surface area contributed by atoms with Gasteiger partial charge < -0.3 is 5.11 Å². The second-order valence-corrected chi connectivity index (χ2v) is 7.22. The Balaban J connectivity index is 1.98. The molecule has 1 aliphatic carbocycles. The van der Waals surface area contributed by atoms with Crippen LogP contribution in [0.5, 0.6) is 0 Å². The fourth-order valence-corrected chi connectivity index (χ4v) is 3.54. The van der Waals surface area contributed by atoms with Crippen molar-refractivity contribution in [3.05, 3.63) is 35.4 Å². The van der Waals surface area contributed by atoms with Crippen LogP contribution in [-0.4, -0.2) is 34.8 Å². The topological polar surface area (TPSA) is 57.6 Å². The highest BCUT2D eigenvalue weighted by atomic mass is 16.4. The number of hydrogen-bond donors (Lipinski definition) is 1. The minimum Gasteiger partial charge on any atom is -0.481 e. The Labute approximate surface area is 151 Å². The van der Waals surface area contributed by atoms with Crippen LogP contribution in [0.15, 0.2) is 24.3 Å². The van der Waals surface area contributed by atoms with Crippen molar-refractivity contribution in [3.8, 4) is 0 Å². The third kappa shape index (κ3) is 5.67. The van der Waals surface area contributed by atoms with Gasteiger partial charge in [-0.3, -0.25) is 14.5 Å². The van der Waals surface area contributed by atoms with Gasteiger partial charge in [-0.2, -0.15) is 0 Å². The number of carbonyl (C=O) groups excluding carboxylic acids is 1. The van der Waals surface area contributed by atoms with E-state index < -0.39 is 11.9 Å². The molecule has 0 saturated heterocycles. The Morgan fingerprint density at radius 2 is 1.72 bits per heavy atom. The molecule has 0 unspecified atom stereocenters. The van der Waals surface area contributed by atoms with Crippen molar-refractivity contribution < 1.29 is 14.7 Å². The van der Waals surface area contributed by atoms with Gasteiger partial charge in [0.15, 0.2) is 0 Å². The van der Waals surface area contributed by atoms with Crippen LogP contribution in [0.4, 0.5) is 0 Å². The minimum atomic E-state index is -0.852. The number of carbonyl (C=O) groups is 2. The highest BCUT2D eigenvalue weighted by Crippen LogP contribution is 2.35. The lowest BCUT2D eigenvalue weighted by Crippen LogP contribution is -2.25. The summed E-state index contributed by atoms with van der Waals surface area (Å²) in [5.41, 5.74) is 2.22. The first kappa shape index (κ1) is 19.6. The molecule has 1 aliphatic rings. The number of carboxylic acids is 1. The van der Waals surface area contributed by atoms with Crippen molar-refractivity contribution in [1.82, 2.24) is 4.90 Å². The molecule has 0 amide bonds. The van der Waals surface area contributed by atoms with E-state index in [0.29, 0.717) is 6.42 Å². The average Bonchev–Trinajstić information content (AvgIpc) is 3.00. The van der Waals surface area contributed by atoms with Crippen molar-refractivity contribution >= 4 is 11.8 Å². The fraction of sp³-hybridized carbons (Fsp3) is 0.619. The first-order chi connectivity index (χ1) is 12.0. The van der Waals surface area contributed by atoms with Gasteiger partial charge in [-0.15, -0.1) is 0 Å². The van der Waals surface area contributed by atoms with E-state index in [0.717, 1.165) is 25.2 Å². The second-order valence-electron chi connectivity index (χ2n) is 7.22. The number of hydrogen-bond acceptors (Lipinski definition) is 3. The van der Waals surface area contributed by atoms with Gasteiger partial charge in [0.25, 0.3) is 0 Å². The molecule has 4 heteroatoms. The summed E-state index contributed by atoms with van der Waals surface area (Å²) >= 11 is 0. The standard InChI is InChI=1S/C21H31NO3/c1-3-5-11-22(12-6-4-2)15-16-7-9-17(10-8-16)19-13-18(21(24)25)14-20(19)23/h7-10,18-19H,3-6,11-15H2,1-2H3,(H,24,25)/t18-,19+/m0/s1. The van der Waals surface area contributed by atoms with E-state index in [1.807, 2.05) is 12.1 Å². The number of Topliss-reactive ketones (excluding diaryl/α,β-unsaturated/α-hetero) is 1. The summed E-state index contributed by atoms with van der Waals surface area (Å²) in [4.78, 5) is 25.7. The molecule has 1 aromatic carbocycles. The van der Waals surface area contributed by atoms with Crippen molar-refractivity contribution in [2.45, 2.75) is 64.8 Å². The van der Waals surface area contributed by atoms with Gasteiger partial charge in [-0.25, -0.2) is 0 Å². The summed E-state index contributed by atoms with van der Waals surface area (Å²) < 4.78 is 0. The zero-order valence-electron chi connectivity index (χ0n) is 15.5. The predicted molar refractivity (Wildman–Crippen MR) is 99.6 cm³/mol. The molecule has 2 atom stereocenters. The first-order valence-electron chi connectivity index (χ1n) is 9.61. The molecule has 1 aromatic rings. The maximum absolute atomic E-state index is 12.1. The summed E-state index contributed by atoms with van der Waals surface area (Å²) in [7, 11) is 0. The summed E-state index contributed by atoms with van der Waals surface area (Å²) in [5.74, 6) is -1.55. The van der Waals surface area contributed by atoms with E-state index in [2.05, 4.69) is 30.9 Å². The Kier molecular flexibility index (Phi) is 7.63. The van der Waals surface area contributed by atoms with Gasteiger partial charge in [0.05, 0.1) is 5.92 Å². The summed E-state index contributed by atoms with van der Waals surface area (Å²) in [6.07, 6.45) is 5.45. The fourth-order valence-electron chi connectivity index (χ4n) is 3.54. The largest absolute Gasteiger partial charge is 0.481 e. The number of unbranched alkanes of at least 4 members (excludes halogenated alkanes) is 2. The molecule has 138 valence electrons. The number of carboxylic acid groups (broad SMARTS) is 1. The number of rotatable bonds is 10. The highest BCUT2D eigenvalue weighted by molar-refractivity contribution is 5.92. The van der Waals surface area contributed by atoms with Gasteiger partial charge in [-0.1, -0.05) is 51.0 Å². The zero-order chi connectivity index (χ0) is 18.2. The van der Waals surface area contributed by atoms with Gasteiger partial charge in [0.1, 0.15) is 5.78 Å². The van der Waals surface area contributed by atoms with Crippen LogP contribution in [0.25, 0.3) is 0 Å². The molecule has 0 aliphatic heterocycles. The lowest BCUT2D eigenvalue weighted by atomic mass is 9.94. The van der Waals surface area contributed by atoms with E-state index in [-0.39, 0.29) is 18.1 Å². The van der Waals surface area contributed by atoms with Crippen molar-refractivity contribution in [2.24, 2.45) is 5.92 Å². The maximum atomic E-state index is 12.1. The van der Waals surface area contributed by atoms with E-state index in [1.54, 1.807) is 0 Å². The molecule has 25 heavy (non-hydrogen) atoms. The Morgan fingerprint density at radius 1 is 1.12 bits per heavy atom. The van der Waals surface area contributed by atoms with E-state index in [1.165, 1.54) is 31.2 Å². The van der Waals surface area contributed by atoms with Crippen LogP contribution in [0, 0.1) is 5.92 Å². The van der Waals surface area contributed by atoms with E-state index in [4.69, 9.17) is 5.11 Å². The molecule has 0 radical (unpaired) electrons. The van der Waals surface area contributed by atoms with E-state index in [9.17, 15) is 9.59 Å². The maximum Gasteiger partial charge on any atom is 0.306 e. The molecule has 0 aromatic heterocycles. The Morgan fingerprint density at radius 3 is 2.20 bits per heavy atom. The average molecular weight is 345 g/mol.